The van der Waals surface area contributed by atoms with E-state index in [0.29, 0.717) is 5.69 Å². The number of benzene rings is 1. The van der Waals surface area contributed by atoms with Gasteiger partial charge in [0.15, 0.2) is 18.1 Å². The lowest BCUT2D eigenvalue weighted by molar-refractivity contribution is 0.142. The van der Waals surface area contributed by atoms with E-state index in [1.165, 1.54) is 0 Å². The molecule has 1 aromatic rings. The summed E-state index contributed by atoms with van der Waals surface area (Å²) in [5, 5.41) is 20.9. The van der Waals surface area contributed by atoms with Gasteiger partial charge >= 0.3 is 0 Å². The topological polar surface area (TPSA) is 95.4 Å². The summed E-state index contributed by atoms with van der Waals surface area (Å²) in [6, 6.07) is 8.62. The summed E-state index contributed by atoms with van der Waals surface area (Å²) in [5.41, 5.74) is 8.64. The number of nitrogens with two attached hydrogens (primary N) is 1. The summed E-state index contributed by atoms with van der Waals surface area (Å²) >= 11 is 0. The average molecular weight is 205 g/mol. The van der Waals surface area contributed by atoms with Gasteiger partial charge in [-0.15, -0.1) is 0 Å². The van der Waals surface area contributed by atoms with Gasteiger partial charge in [0.1, 0.15) is 0 Å². The fourth-order valence-corrected chi connectivity index (χ4v) is 1.18. The highest BCUT2D eigenvalue weighted by atomic mass is 16.3. The predicted molar refractivity (Wildman–Crippen MR) is 55.5 cm³/mol. The van der Waals surface area contributed by atoms with Gasteiger partial charge in [0.25, 0.3) is 0 Å². The Balaban J connectivity index is 2.09. The van der Waals surface area contributed by atoms with Gasteiger partial charge in [-0.25, -0.2) is 0 Å². The Kier molecular flexibility index (Phi) is 2.59. The summed E-state index contributed by atoms with van der Waals surface area (Å²) in [5.74, 6) is 0.238. The Bertz CT molecular complexity index is 389. The number of aliphatic hydroxyl groups excluding tert-OH is 1. The van der Waals surface area contributed by atoms with Crippen LogP contribution in [0.1, 0.15) is 0 Å². The SMILES string of the molecule is NC1=NN[C@@H](O)[C@H]1N=Nc1ccccc1. The van der Waals surface area contributed by atoms with Gasteiger partial charge in [-0.1, -0.05) is 18.2 Å². The quantitative estimate of drug-likeness (QED) is 0.607. The third-order valence-electron chi connectivity index (χ3n) is 1.98. The summed E-state index contributed by atoms with van der Waals surface area (Å²) < 4.78 is 0. The van der Waals surface area contributed by atoms with E-state index in [-0.39, 0.29) is 5.84 Å². The van der Waals surface area contributed by atoms with Gasteiger partial charge in [-0.3, -0.25) is 5.43 Å². The number of hydrogen-bond acceptors (Lipinski definition) is 6. The Morgan fingerprint density at radius 2 is 2.07 bits per heavy atom. The van der Waals surface area contributed by atoms with Crippen LogP contribution in [0.3, 0.4) is 0 Å². The van der Waals surface area contributed by atoms with Gasteiger partial charge in [-0.05, 0) is 12.1 Å². The molecule has 0 amide bonds. The molecule has 0 spiro atoms. The van der Waals surface area contributed by atoms with Crippen LogP contribution in [0.4, 0.5) is 5.69 Å². The Morgan fingerprint density at radius 3 is 2.67 bits per heavy atom. The van der Waals surface area contributed by atoms with Crippen molar-refractivity contribution in [2.24, 2.45) is 21.1 Å². The lowest BCUT2D eigenvalue weighted by Gasteiger charge is -2.06. The first-order valence-electron chi connectivity index (χ1n) is 4.50. The molecule has 0 unspecified atom stereocenters. The first-order chi connectivity index (χ1) is 7.27. The van der Waals surface area contributed by atoms with Crippen LogP contribution in [0.5, 0.6) is 0 Å². The highest BCUT2D eigenvalue weighted by molar-refractivity contribution is 5.87. The third-order valence-corrected chi connectivity index (χ3v) is 1.98. The van der Waals surface area contributed by atoms with Crippen LogP contribution in [0.2, 0.25) is 0 Å². The molecule has 6 heteroatoms. The molecule has 1 aliphatic rings. The normalized spacial score (nSPS) is 25.3. The van der Waals surface area contributed by atoms with Crippen LogP contribution in [-0.4, -0.2) is 23.2 Å². The second-order valence-electron chi connectivity index (χ2n) is 3.11. The molecule has 2 atom stereocenters. The lowest BCUT2D eigenvalue weighted by Crippen LogP contribution is -2.35. The number of azo groups is 1. The van der Waals surface area contributed by atoms with Crippen molar-refractivity contribution >= 4 is 11.5 Å². The average Bonchev–Trinajstić information content (AvgIpc) is 2.58. The fourth-order valence-electron chi connectivity index (χ4n) is 1.18. The minimum atomic E-state index is -0.891. The second kappa shape index (κ2) is 4.05. The van der Waals surface area contributed by atoms with Crippen molar-refractivity contribution in [3.05, 3.63) is 30.3 Å². The summed E-state index contributed by atoms with van der Waals surface area (Å²) in [6.07, 6.45) is -0.891. The smallest absolute Gasteiger partial charge is 0.175 e. The molecule has 0 aromatic heterocycles. The van der Waals surface area contributed by atoms with E-state index < -0.39 is 12.3 Å². The molecule has 2 rings (SSSR count). The van der Waals surface area contributed by atoms with Crippen molar-refractivity contribution in [2.75, 3.05) is 0 Å². The second-order valence-corrected chi connectivity index (χ2v) is 3.11. The zero-order chi connectivity index (χ0) is 10.7. The Hall–Kier alpha value is -1.95. The third kappa shape index (κ3) is 2.10. The van der Waals surface area contributed by atoms with Crippen LogP contribution in [0.25, 0.3) is 0 Å². The van der Waals surface area contributed by atoms with Crippen LogP contribution in [0.15, 0.2) is 45.7 Å². The van der Waals surface area contributed by atoms with Crippen molar-refractivity contribution in [2.45, 2.75) is 12.3 Å². The number of nitrogens with one attached hydrogen (secondary N) is 1. The molecule has 6 nitrogen and oxygen atoms in total. The molecule has 0 saturated heterocycles. The zero-order valence-corrected chi connectivity index (χ0v) is 7.91. The standard InChI is InChI=1S/C9H11N5O/c10-8-7(9(15)14-13-8)12-11-6-4-2-1-3-5-6/h1-5,7,9,14-15H,(H2,10,13)/t7-,9-/m0/s1. The molecule has 78 valence electrons. The molecular formula is C9H11N5O. The summed E-state index contributed by atoms with van der Waals surface area (Å²) in [6.45, 7) is 0. The molecule has 1 aliphatic heterocycles. The first kappa shape index (κ1) is 9.60. The van der Waals surface area contributed by atoms with Gasteiger partial charge in [0.2, 0.25) is 0 Å². The van der Waals surface area contributed by atoms with Crippen LogP contribution in [-0.2, 0) is 0 Å². The van der Waals surface area contributed by atoms with E-state index in [0.717, 1.165) is 0 Å². The van der Waals surface area contributed by atoms with E-state index in [2.05, 4.69) is 20.8 Å². The maximum absolute atomic E-state index is 9.38. The number of amidine groups is 1. The van der Waals surface area contributed by atoms with Crippen LogP contribution >= 0.6 is 0 Å². The largest absolute Gasteiger partial charge is 0.384 e. The van der Waals surface area contributed by atoms with Gasteiger partial charge in [0.05, 0.1) is 5.69 Å². The predicted octanol–water partition coefficient (Wildman–Crippen LogP) is 0.333. The van der Waals surface area contributed by atoms with Crippen LogP contribution in [0, 0.1) is 0 Å². The summed E-state index contributed by atoms with van der Waals surface area (Å²) in [4.78, 5) is 0. The fraction of sp³-hybridized carbons (Fsp3) is 0.222. The number of aliphatic hydroxyl groups is 1. The molecule has 1 heterocycles. The zero-order valence-electron chi connectivity index (χ0n) is 7.91. The summed E-state index contributed by atoms with van der Waals surface area (Å²) in [7, 11) is 0. The van der Waals surface area contributed by atoms with Gasteiger partial charge in [-0.2, -0.15) is 15.3 Å². The van der Waals surface area contributed by atoms with Gasteiger partial charge in [0, 0.05) is 0 Å². The number of rotatable bonds is 2. The highest BCUT2D eigenvalue weighted by Crippen LogP contribution is 2.13. The van der Waals surface area contributed by atoms with E-state index in [9.17, 15) is 5.11 Å². The van der Waals surface area contributed by atoms with Crippen LogP contribution < -0.4 is 11.2 Å². The molecule has 0 saturated carbocycles. The molecule has 0 fully saturated rings. The first-order valence-corrected chi connectivity index (χ1v) is 4.50. The van der Waals surface area contributed by atoms with Crippen molar-refractivity contribution < 1.29 is 5.11 Å². The molecular weight excluding hydrogens is 194 g/mol. The van der Waals surface area contributed by atoms with Crippen molar-refractivity contribution in [3.63, 3.8) is 0 Å². The number of nitrogens with zero attached hydrogens (tertiary/aromatic N) is 3. The molecule has 1 aromatic carbocycles. The van der Waals surface area contributed by atoms with E-state index in [1.54, 1.807) is 0 Å². The minimum absolute atomic E-state index is 0.238. The van der Waals surface area contributed by atoms with E-state index in [4.69, 9.17) is 5.73 Å². The highest BCUT2D eigenvalue weighted by Gasteiger charge is 2.27. The molecule has 15 heavy (non-hydrogen) atoms. The number of hydrazone groups is 1. The molecule has 0 radical (unpaired) electrons. The maximum Gasteiger partial charge on any atom is 0.175 e. The van der Waals surface area contributed by atoms with Crippen molar-refractivity contribution in [1.29, 1.82) is 0 Å². The van der Waals surface area contributed by atoms with E-state index >= 15 is 0 Å². The Labute approximate surface area is 86.5 Å². The molecule has 0 aliphatic carbocycles. The molecule has 0 bridgehead atoms. The maximum atomic E-state index is 9.38. The van der Waals surface area contributed by atoms with Crippen molar-refractivity contribution in [3.8, 4) is 0 Å². The lowest BCUT2D eigenvalue weighted by atomic mass is 10.3. The minimum Gasteiger partial charge on any atom is -0.384 e. The van der Waals surface area contributed by atoms with E-state index in [1.807, 2.05) is 30.3 Å². The van der Waals surface area contributed by atoms with Crippen molar-refractivity contribution in [1.82, 2.24) is 5.43 Å². The number of hydrogen-bond donors (Lipinski definition) is 3. The Morgan fingerprint density at radius 1 is 1.33 bits per heavy atom. The van der Waals surface area contributed by atoms with Gasteiger partial charge < -0.3 is 10.8 Å². The monoisotopic (exact) mass is 205 g/mol. The molecule has 4 N–H and O–H groups in total.